The van der Waals surface area contributed by atoms with Crippen molar-refractivity contribution < 1.29 is 5.11 Å². The van der Waals surface area contributed by atoms with Gasteiger partial charge in [-0.15, -0.1) is 11.3 Å². The van der Waals surface area contributed by atoms with Crippen LogP contribution in [-0.4, -0.2) is 5.11 Å². The second-order valence-corrected chi connectivity index (χ2v) is 7.71. The molecule has 17 heavy (non-hydrogen) atoms. The summed E-state index contributed by atoms with van der Waals surface area (Å²) in [6, 6.07) is 5.90. The van der Waals surface area contributed by atoms with E-state index in [-0.39, 0.29) is 0 Å². The first-order chi connectivity index (χ1) is 7.99. The number of benzene rings is 1. The van der Waals surface area contributed by atoms with Gasteiger partial charge in [-0.25, -0.2) is 0 Å². The predicted molar refractivity (Wildman–Crippen MR) is 82.7 cm³/mol. The Hall–Kier alpha value is 0.320. The largest absolute Gasteiger partial charge is 0.384 e. The Bertz CT molecular complexity index is 551. The second kappa shape index (κ2) is 5.53. The molecular weight excluding hydrogens is 432 g/mol. The van der Waals surface area contributed by atoms with Gasteiger partial charge >= 0.3 is 0 Å². The third kappa shape index (κ3) is 3.01. The first kappa shape index (κ1) is 13.7. The average molecular weight is 441 g/mol. The molecule has 1 atom stereocenters. The molecule has 1 N–H and O–H groups in total. The number of aryl methyl sites for hydroxylation is 1. The molecule has 1 aromatic carbocycles. The number of aliphatic hydroxyl groups excluding tert-OH is 1. The summed E-state index contributed by atoms with van der Waals surface area (Å²) >= 11 is 12.0. The monoisotopic (exact) mass is 438 g/mol. The van der Waals surface area contributed by atoms with Crippen molar-refractivity contribution in [2.24, 2.45) is 0 Å². The summed E-state index contributed by atoms with van der Waals surface area (Å²) in [5.41, 5.74) is 2.91. The van der Waals surface area contributed by atoms with Crippen molar-refractivity contribution in [3.05, 3.63) is 53.0 Å². The van der Waals surface area contributed by atoms with Crippen molar-refractivity contribution >= 4 is 59.1 Å². The fourth-order valence-electron chi connectivity index (χ4n) is 1.52. The lowest BCUT2D eigenvalue weighted by Crippen LogP contribution is -2.00. The maximum atomic E-state index is 10.3. The van der Waals surface area contributed by atoms with Crippen LogP contribution in [0.2, 0.25) is 0 Å². The minimum absolute atomic E-state index is 0.608. The summed E-state index contributed by atoms with van der Waals surface area (Å²) in [5.74, 6) is 0. The molecule has 0 aliphatic carbocycles. The number of rotatable bonds is 2. The Kier molecular flexibility index (Phi) is 4.47. The lowest BCUT2D eigenvalue weighted by molar-refractivity contribution is 0.220. The predicted octanol–water partition coefficient (Wildman–Crippen LogP) is 5.43. The fourth-order valence-corrected chi connectivity index (χ4v) is 3.75. The Morgan fingerprint density at radius 2 is 1.82 bits per heavy atom. The van der Waals surface area contributed by atoms with Crippen molar-refractivity contribution in [3.8, 4) is 0 Å². The van der Waals surface area contributed by atoms with Crippen LogP contribution in [0.4, 0.5) is 0 Å². The Balaban J connectivity index is 2.43. The van der Waals surface area contributed by atoms with Crippen molar-refractivity contribution in [1.82, 2.24) is 0 Å². The van der Waals surface area contributed by atoms with Gasteiger partial charge in [0.25, 0.3) is 0 Å². The lowest BCUT2D eigenvalue weighted by Gasteiger charge is -2.13. The van der Waals surface area contributed by atoms with E-state index in [9.17, 15) is 5.11 Å². The van der Waals surface area contributed by atoms with Gasteiger partial charge in [0.2, 0.25) is 0 Å². The maximum Gasteiger partial charge on any atom is 0.106 e. The minimum Gasteiger partial charge on any atom is -0.384 e. The highest BCUT2D eigenvalue weighted by Gasteiger charge is 2.16. The van der Waals surface area contributed by atoms with Gasteiger partial charge in [0.1, 0.15) is 6.10 Å². The third-order valence-corrected chi connectivity index (χ3v) is 5.54. The molecule has 90 valence electrons. The van der Waals surface area contributed by atoms with Crippen LogP contribution in [0.5, 0.6) is 0 Å². The van der Waals surface area contributed by atoms with Gasteiger partial charge in [0, 0.05) is 14.5 Å². The van der Waals surface area contributed by atoms with Crippen LogP contribution in [0, 0.1) is 6.92 Å². The summed E-state index contributed by atoms with van der Waals surface area (Å²) in [5, 5.41) is 12.3. The molecule has 0 spiro atoms. The second-order valence-electron chi connectivity index (χ2n) is 3.71. The van der Waals surface area contributed by atoms with Crippen LogP contribution in [-0.2, 0) is 0 Å². The van der Waals surface area contributed by atoms with E-state index >= 15 is 0 Å². The molecule has 0 radical (unpaired) electrons. The van der Waals surface area contributed by atoms with Crippen molar-refractivity contribution in [2.75, 3.05) is 0 Å². The zero-order valence-electron chi connectivity index (χ0n) is 8.88. The van der Waals surface area contributed by atoms with Gasteiger partial charge in [0.15, 0.2) is 0 Å². The summed E-state index contributed by atoms with van der Waals surface area (Å²) in [7, 11) is 0. The summed E-state index contributed by atoms with van der Waals surface area (Å²) in [4.78, 5) is 0. The molecule has 0 aliphatic heterocycles. The molecule has 1 unspecified atom stereocenters. The molecule has 5 heteroatoms. The van der Waals surface area contributed by atoms with E-state index in [4.69, 9.17) is 0 Å². The van der Waals surface area contributed by atoms with E-state index in [1.807, 2.05) is 30.5 Å². The summed E-state index contributed by atoms with van der Waals surface area (Å²) in [6.07, 6.45) is -0.608. The third-order valence-electron chi connectivity index (χ3n) is 2.48. The molecule has 0 fully saturated rings. The molecule has 2 rings (SSSR count). The topological polar surface area (TPSA) is 20.2 Å². The standard InChI is InChI=1S/C12H9Br3OS/c1-6-2-10(14)8(4-9(6)13)12(16)7-3-11(15)17-5-7/h2-5,12,16H,1H3. The SMILES string of the molecule is Cc1cc(Br)c(C(O)c2csc(Br)c2)cc1Br. The van der Waals surface area contributed by atoms with Crippen LogP contribution in [0.15, 0.2) is 36.3 Å². The molecule has 1 aromatic heterocycles. The quantitative estimate of drug-likeness (QED) is 0.660. The molecule has 0 aliphatic rings. The van der Waals surface area contributed by atoms with E-state index in [1.165, 1.54) is 0 Å². The number of hydrogen-bond donors (Lipinski definition) is 1. The highest BCUT2D eigenvalue weighted by Crippen LogP contribution is 2.35. The van der Waals surface area contributed by atoms with E-state index in [0.717, 1.165) is 29.4 Å². The zero-order valence-corrected chi connectivity index (χ0v) is 14.5. The van der Waals surface area contributed by atoms with E-state index in [0.29, 0.717) is 0 Å². The molecule has 0 bridgehead atoms. The molecular formula is C12H9Br3OS. The van der Waals surface area contributed by atoms with Crippen LogP contribution in [0.1, 0.15) is 22.8 Å². The fraction of sp³-hybridized carbons (Fsp3) is 0.167. The van der Waals surface area contributed by atoms with Crippen LogP contribution < -0.4 is 0 Å². The van der Waals surface area contributed by atoms with Crippen molar-refractivity contribution in [2.45, 2.75) is 13.0 Å². The van der Waals surface area contributed by atoms with Gasteiger partial charge < -0.3 is 5.11 Å². The Morgan fingerprint density at radius 3 is 2.41 bits per heavy atom. The van der Waals surface area contributed by atoms with E-state index < -0.39 is 6.10 Å². The van der Waals surface area contributed by atoms with Crippen LogP contribution in [0.3, 0.4) is 0 Å². The average Bonchev–Trinajstić information content (AvgIpc) is 2.69. The zero-order chi connectivity index (χ0) is 12.6. The normalized spacial score (nSPS) is 12.8. The van der Waals surface area contributed by atoms with Crippen molar-refractivity contribution in [3.63, 3.8) is 0 Å². The van der Waals surface area contributed by atoms with Crippen LogP contribution >= 0.6 is 59.1 Å². The lowest BCUT2D eigenvalue weighted by atomic mass is 10.0. The minimum atomic E-state index is -0.608. The van der Waals surface area contributed by atoms with Gasteiger partial charge in [-0.3, -0.25) is 0 Å². The first-order valence-corrected chi connectivity index (χ1v) is 8.12. The maximum absolute atomic E-state index is 10.3. The van der Waals surface area contributed by atoms with Crippen molar-refractivity contribution in [1.29, 1.82) is 0 Å². The Labute approximate surface area is 129 Å². The Morgan fingerprint density at radius 1 is 1.12 bits per heavy atom. The van der Waals surface area contributed by atoms with E-state index in [2.05, 4.69) is 47.8 Å². The molecule has 2 aromatic rings. The van der Waals surface area contributed by atoms with E-state index in [1.54, 1.807) is 11.3 Å². The van der Waals surface area contributed by atoms with Gasteiger partial charge in [-0.1, -0.05) is 31.9 Å². The van der Waals surface area contributed by atoms with Crippen LogP contribution in [0.25, 0.3) is 0 Å². The molecule has 0 amide bonds. The molecule has 1 nitrogen and oxygen atoms in total. The van der Waals surface area contributed by atoms with Gasteiger partial charge in [0.05, 0.1) is 3.79 Å². The van der Waals surface area contributed by atoms with Gasteiger partial charge in [-0.05, 0) is 57.6 Å². The highest BCUT2D eigenvalue weighted by atomic mass is 79.9. The summed E-state index contributed by atoms with van der Waals surface area (Å²) in [6.45, 7) is 2.02. The smallest absolute Gasteiger partial charge is 0.106 e. The number of halogens is 3. The number of hydrogen-bond acceptors (Lipinski definition) is 2. The highest BCUT2D eigenvalue weighted by molar-refractivity contribution is 9.11. The number of aliphatic hydroxyl groups is 1. The number of thiophene rings is 1. The summed E-state index contributed by atoms with van der Waals surface area (Å²) < 4.78 is 2.95. The molecule has 0 saturated heterocycles. The molecule has 1 heterocycles. The van der Waals surface area contributed by atoms with Gasteiger partial charge in [-0.2, -0.15) is 0 Å². The molecule has 0 saturated carbocycles. The first-order valence-electron chi connectivity index (χ1n) is 4.86.